The SMILES string of the molecule is CNC(=O)c1cccc(NC(C)C(=O)N2CCOCC2)c1. The Balaban J connectivity index is 2.00. The number of anilines is 1. The highest BCUT2D eigenvalue weighted by molar-refractivity contribution is 5.95. The molecule has 21 heavy (non-hydrogen) atoms. The van der Waals surface area contributed by atoms with Gasteiger partial charge in [-0.3, -0.25) is 9.59 Å². The van der Waals surface area contributed by atoms with Crippen LogP contribution in [0.4, 0.5) is 5.69 Å². The minimum Gasteiger partial charge on any atom is -0.378 e. The molecule has 6 nitrogen and oxygen atoms in total. The van der Waals surface area contributed by atoms with Crippen molar-refractivity contribution >= 4 is 17.5 Å². The van der Waals surface area contributed by atoms with Gasteiger partial charge >= 0.3 is 0 Å². The van der Waals surface area contributed by atoms with Crippen molar-refractivity contribution in [3.8, 4) is 0 Å². The first-order valence-corrected chi connectivity index (χ1v) is 7.07. The quantitative estimate of drug-likeness (QED) is 0.857. The standard InChI is InChI=1S/C15H21N3O3/c1-11(15(20)18-6-8-21-9-7-18)17-13-5-3-4-12(10-13)14(19)16-2/h3-5,10-11,17H,6-9H2,1-2H3,(H,16,19). The topological polar surface area (TPSA) is 70.7 Å². The van der Waals surface area contributed by atoms with Gasteiger partial charge in [0.25, 0.3) is 5.91 Å². The molecule has 1 aliphatic rings. The smallest absolute Gasteiger partial charge is 0.251 e. The summed E-state index contributed by atoms with van der Waals surface area (Å²) in [4.78, 5) is 25.7. The average molecular weight is 291 g/mol. The normalized spacial score (nSPS) is 16.2. The molecular weight excluding hydrogens is 270 g/mol. The molecule has 0 bridgehead atoms. The number of amides is 2. The van der Waals surface area contributed by atoms with Crippen LogP contribution in [0.2, 0.25) is 0 Å². The zero-order valence-electron chi connectivity index (χ0n) is 12.4. The van der Waals surface area contributed by atoms with Crippen LogP contribution in [-0.2, 0) is 9.53 Å². The maximum atomic E-state index is 12.3. The van der Waals surface area contributed by atoms with E-state index < -0.39 is 0 Å². The molecule has 2 N–H and O–H groups in total. The van der Waals surface area contributed by atoms with E-state index in [1.807, 2.05) is 13.0 Å². The number of benzene rings is 1. The van der Waals surface area contributed by atoms with Gasteiger partial charge in [0.1, 0.15) is 6.04 Å². The highest BCUT2D eigenvalue weighted by atomic mass is 16.5. The summed E-state index contributed by atoms with van der Waals surface area (Å²) in [6.45, 7) is 4.26. The fourth-order valence-electron chi connectivity index (χ4n) is 2.26. The average Bonchev–Trinajstić information content (AvgIpc) is 2.54. The molecule has 2 rings (SSSR count). The molecule has 1 aromatic carbocycles. The first-order valence-electron chi connectivity index (χ1n) is 7.07. The van der Waals surface area contributed by atoms with E-state index in [9.17, 15) is 9.59 Å². The summed E-state index contributed by atoms with van der Waals surface area (Å²) in [7, 11) is 1.59. The second-order valence-corrected chi connectivity index (χ2v) is 4.96. The molecule has 1 atom stereocenters. The first kappa shape index (κ1) is 15.3. The molecule has 2 amide bonds. The van der Waals surface area contributed by atoms with Crippen LogP contribution in [0.1, 0.15) is 17.3 Å². The molecule has 0 spiro atoms. The van der Waals surface area contributed by atoms with Crippen molar-refractivity contribution in [3.05, 3.63) is 29.8 Å². The Morgan fingerprint density at radius 1 is 1.29 bits per heavy atom. The molecule has 6 heteroatoms. The summed E-state index contributed by atoms with van der Waals surface area (Å²) < 4.78 is 5.24. The van der Waals surface area contributed by atoms with Crippen molar-refractivity contribution < 1.29 is 14.3 Å². The van der Waals surface area contributed by atoms with Gasteiger partial charge in [0.2, 0.25) is 5.91 Å². The van der Waals surface area contributed by atoms with Gasteiger partial charge < -0.3 is 20.3 Å². The van der Waals surface area contributed by atoms with Gasteiger partial charge in [-0.25, -0.2) is 0 Å². The molecule has 1 aliphatic heterocycles. The fraction of sp³-hybridized carbons (Fsp3) is 0.467. The van der Waals surface area contributed by atoms with Gasteiger partial charge in [0.05, 0.1) is 13.2 Å². The Kier molecular flexibility index (Phi) is 5.16. The number of hydrogen-bond donors (Lipinski definition) is 2. The molecule has 0 radical (unpaired) electrons. The predicted octanol–water partition coefficient (Wildman–Crippen LogP) is 0.705. The number of morpholine rings is 1. The number of carbonyl (C=O) groups is 2. The van der Waals surface area contributed by atoms with Gasteiger partial charge in [-0.05, 0) is 25.1 Å². The number of nitrogens with one attached hydrogen (secondary N) is 2. The molecule has 0 saturated carbocycles. The molecule has 1 fully saturated rings. The molecule has 0 aromatic heterocycles. The summed E-state index contributed by atoms with van der Waals surface area (Å²) >= 11 is 0. The van der Waals surface area contributed by atoms with Crippen LogP contribution in [0.5, 0.6) is 0 Å². The molecular formula is C15H21N3O3. The van der Waals surface area contributed by atoms with Gasteiger partial charge in [0, 0.05) is 31.4 Å². The Labute approximate surface area is 124 Å². The largest absolute Gasteiger partial charge is 0.378 e. The molecule has 1 saturated heterocycles. The Bertz CT molecular complexity index is 513. The first-order chi connectivity index (χ1) is 10.1. The lowest BCUT2D eigenvalue weighted by Gasteiger charge is -2.29. The van der Waals surface area contributed by atoms with E-state index in [0.717, 1.165) is 5.69 Å². The van der Waals surface area contributed by atoms with E-state index in [2.05, 4.69) is 10.6 Å². The molecule has 114 valence electrons. The zero-order chi connectivity index (χ0) is 15.2. The van der Waals surface area contributed by atoms with Crippen molar-refractivity contribution in [2.45, 2.75) is 13.0 Å². The number of ether oxygens (including phenoxy) is 1. The number of carbonyl (C=O) groups excluding carboxylic acids is 2. The maximum Gasteiger partial charge on any atom is 0.251 e. The monoisotopic (exact) mass is 291 g/mol. The summed E-state index contributed by atoms with van der Waals surface area (Å²) in [5.74, 6) is -0.102. The lowest BCUT2D eigenvalue weighted by Crippen LogP contribution is -2.47. The molecule has 1 aromatic rings. The number of rotatable bonds is 4. The maximum absolute atomic E-state index is 12.3. The Morgan fingerprint density at radius 2 is 2.00 bits per heavy atom. The van der Waals surface area contributed by atoms with Crippen molar-refractivity contribution in [3.63, 3.8) is 0 Å². The lowest BCUT2D eigenvalue weighted by molar-refractivity contribution is -0.135. The minimum absolute atomic E-state index is 0.0450. The zero-order valence-corrected chi connectivity index (χ0v) is 12.4. The van der Waals surface area contributed by atoms with E-state index in [1.54, 1.807) is 30.1 Å². The summed E-state index contributed by atoms with van der Waals surface area (Å²) in [5.41, 5.74) is 1.32. The van der Waals surface area contributed by atoms with Crippen molar-refractivity contribution in [2.24, 2.45) is 0 Å². The van der Waals surface area contributed by atoms with Crippen molar-refractivity contribution in [2.75, 3.05) is 38.7 Å². The van der Waals surface area contributed by atoms with Crippen LogP contribution in [-0.4, -0.2) is 56.1 Å². The van der Waals surface area contributed by atoms with Crippen LogP contribution in [0.3, 0.4) is 0 Å². The third kappa shape index (κ3) is 3.95. The van der Waals surface area contributed by atoms with E-state index >= 15 is 0 Å². The minimum atomic E-state index is -0.344. The second kappa shape index (κ2) is 7.08. The van der Waals surface area contributed by atoms with Crippen molar-refractivity contribution in [1.29, 1.82) is 0 Å². The van der Waals surface area contributed by atoms with Gasteiger partial charge in [-0.2, -0.15) is 0 Å². The van der Waals surface area contributed by atoms with Crippen LogP contribution < -0.4 is 10.6 Å². The van der Waals surface area contributed by atoms with Crippen molar-refractivity contribution in [1.82, 2.24) is 10.2 Å². The van der Waals surface area contributed by atoms with E-state index in [-0.39, 0.29) is 17.9 Å². The fourth-order valence-corrected chi connectivity index (χ4v) is 2.26. The third-order valence-electron chi connectivity index (χ3n) is 3.43. The lowest BCUT2D eigenvalue weighted by atomic mass is 10.1. The molecule has 0 aliphatic carbocycles. The predicted molar refractivity (Wildman–Crippen MR) is 80.3 cm³/mol. The highest BCUT2D eigenvalue weighted by Crippen LogP contribution is 2.13. The van der Waals surface area contributed by atoms with Gasteiger partial charge in [-0.1, -0.05) is 6.07 Å². The molecule has 1 unspecified atom stereocenters. The molecule has 1 heterocycles. The summed E-state index contributed by atoms with van der Waals surface area (Å²) in [6, 6.07) is 6.76. The van der Waals surface area contributed by atoms with Crippen LogP contribution in [0.15, 0.2) is 24.3 Å². The van der Waals surface area contributed by atoms with Gasteiger partial charge in [-0.15, -0.1) is 0 Å². The number of nitrogens with zero attached hydrogens (tertiary/aromatic N) is 1. The van der Waals surface area contributed by atoms with E-state index in [1.165, 1.54) is 0 Å². The Hall–Kier alpha value is -2.08. The Morgan fingerprint density at radius 3 is 2.67 bits per heavy atom. The highest BCUT2D eigenvalue weighted by Gasteiger charge is 2.22. The second-order valence-electron chi connectivity index (χ2n) is 4.96. The van der Waals surface area contributed by atoms with Crippen LogP contribution in [0.25, 0.3) is 0 Å². The van der Waals surface area contributed by atoms with Crippen LogP contribution >= 0.6 is 0 Å². The van der Waals surface area contributed by atoms with E-state index in [4.69, 9.17) is 4.74 Å². The van der Waals surface area contributed by atoms with Gasteiger partial charge in [0.15, 0.2) is 0 Å². The summed E-state index contributed by atoms with van der Waals surface area (Å²) in [6.07, 6.45) is 0. The third-order valence-corrected chi connectivity index (χ3v) is 3.43. The number of hydrogen-bond acceptors (Lipinski definition) is 4. The van der Waals surface area contributed by atoms with Crippen LogP contribution in [0, 0.1) is 0 Å². The summed E-state index contributed by atoms with van der Waals surface area (Å²) in [5, 5.41) is 5.73. The van der Waals surface area contributed by atoms with E-state index in [0.29, 0.717) is 31.9 Å².